The number of hydrogen-bond acceptors (Lipinski definition) is 4. The molecule has 0 saturated heterocycles. The molecule has 0 aliphatic carbocycles. The number of nitrogens with zero attached hydrogens (tertiary/aromatic N) is 5. The van der Waals surface area contributed by atoms with Crippen LogP contribution < -0.4 is 5.32 Å². The highest BCUT2D eigenvalue weighted by Crippen LogP contribution is 2.24. The van der Waals surface area contributed by atoms with Crippen molar-refractivity contribution in [3.05, 3.63) is 53.6 Å². The van der Waals surface area contributed by atoms with Gasteiger partial charge in [0.15, 0.2) is 0 Å². The highest BCUT2D eigenvalue weighted by molar-refractivity contribution is 6.06. The molecule has 0 atom stereocenters. The van der Waals surface area contributed by atoms with E-state index in [-0.39, 0.29) is 11.9 Å². The third-order valence-corrected chi connectivity index (χ3v) is 5.02. The van der Waals surface area contributed by atoms with Crippen LogP contribution in [0.25, 0.3) is 11.0 Å². The molecule has 28 heavy (non-hydrogen) atoms. The van der Waals surface area contributed by atoms with Crippen molar-refractivity contribution in [3.63, 3.8) is 0 Å². The molecule has 0 unspecified atom stereocenters. The standard InChI is InChI=1S/C20H22N6O2/c1-24(2)20(28)26-7-6-15-13(11-26)9-21-10-16(15)19(27)23-14-4-5-18-17(8-14)22-12-25(18)3/h4-5,8-10,12H,6-7,11H2,1-3H3,(H,23,27). The van der Waals surface area contributed by atoms with Crippen molar-refractivity contribution in [1.82, 2.24) is 24.3 Å². The van der Waals surface area contributed by atoms with E-state index in [2.05, 4.69) is 15.3 Å². The average molecular weight is 378 g/mol. The van der Waals surface area contributed by atoms with E-state index in [0.717, 1.165) is 22.2 Å². The van der Waals surface area contributed by atoms with Crippen LogP contribution in [0, 0.1) is 0 Å². The van der Waals surface area contributed by atoms with Crippen LogP contribution in [0.2, 0.25) is 0 Å². The maximum Gasteiger partial charge on any atom is 0.319 e. The number of carbonyl (C=O) groups excluding carboxylic acids is 2. The van der Waals surface area contributed by atoms with Gasteiger partial charge in [0.25, 0.3) is 5.91 Å². The number of hydrogen-bond donors (Lipinski definition) is 1. The Hall–Kier alpha value is -3.42. The van der Waals surface area contributed by atoms with Crippen molar-refractivity contribution in [1.29, 1.82) is 0 Å². The first-order valence-corrected chi connectivity index (χ1v) is 9.08. The fourth-order valence-corrected chi connectivity index (χ4v) is 3.55. The maximum atomic E-state index is 12.9. The van der Waals surface area contributed by atoms with Crippen LogP contribution >= 0.6 is 0 Å². The molecule has 0 spiro atoms. The average Bonchev–Trinajstić information content (AvgIpc) is 3.06. The van der Waals surface area contributed by atoms with E-state index in [1.165, 1.54) is 0 Å². The Labute approximate surface area is 162 Å². The topological polar surface area (TPSA) is 83.4 Å². The molecule has 0 fully saturated rings. The number of benzene rings is 1. The highest BCUT2D eigenvalue weighted by atomic mass is 16.2. The molecule has 3 heterocycles. The predicted octanol–water partition coefficient (Wildman–Crippen LogP) is 2.26. The van der Waals surface area contributed by atoms with Gasteiger partial charge in [0.2, 0.25) is 0 Å². The molecular weight excluding hydrogens is 356 g/mol. The second kappa shape index (κ2) is 6.95. The fourth-order valence-electron chi connectivity index (χ4n) is 3.55. The molecule has 0 saturated carbocycles. The van der Waals surface area contributed by atoms with Gasteiger partial charge in [-0.3, -0.25) is 9.78 Å². The predicted molar refractivity (Wildman–Crippen MR) is 106 cm³/mol. The van der Waals surface area contributed by atoms with Crippen molar-refractivity contribution < 1.29 is 9.59 Å². The molecular formula is C20H22N6O2. The Morgan fingerprint density at radius 1 is 1.21 bits per heavy atom. The van der Waals surface area contributed by atoms with Gasteiger partial charge in [0, 0.05) is 52.3 Å². The van der Waals surface area contributed by atoms with E-state index in [9.17, 15) is 9.59 Å². The van der Waals surface area contributed by atoms with Gasteiger partial charge in [-0.05, 0) is 35.7 Å². The van der Waals surface area contributed by atoms with Crippen LogP contribution in [0.4, 0.5) is 10.5 Å². The van der Waals surface area contributed by atoms with Crippen molar-refractivity contribution in [3.8, 4) is 0 Å². The largest absolute Gasteiger partial charge is 0.334 e. The van der Waals surface area contributed by atoms with E-state index >= 15 is 0 Å². The third kappa shape index (κ3) is 3.17. The lowest BCUT2D eigenvalue weighted by atomic mass is 9.97. The Morgan fingerprint density at radius 2 is 2.04 bits per heavy atom. The van der Waals surface area contributed by atoms with Crippen LogP contribution in [-0.4, -0.2) is 56.9 Å². The van der Waals surface area contributed by atoms with Crippen LogP contribution in [0.5, 0.6) is 0 Å². The molecule has 8 heteroatoms. The molecule has 0 radical (unpaired) electrons. The molecule has 8 nitrogen and oxygen atoms in total. The zero-order valence-corrected chi connectivity index (χ0v) is 16.1. The van der Waals surface area contributed by atoms with Crippen molar-refractivity contribution in [2.24, 2.45) is 7.05 Å². The van der Waals surface area contributed by atoms with Gasteiger partial charge in [-0.15, -0.1) is 0 Å². The fraction of sp³-hybridized carbons (Fsp3) is 0.300. The van der Waals surface area contributed by atoms with Crippen molar-refractivity contribution >= 4 is 28.7 Å². The SMILES string of the molecule is CN(C)C(=O)N1CCc2c(cncc2C(=O)Nc2ccc3c(c2)ncn3C)C1. The number of rotatable bonds is 2. The van der Waals surface area contributed by atoms with Crippen LogP contribution in [0.3, 0.4) is 0 Å². The minimum absolute atomic E-state index is 0.0378. The lowest BCUT2D eigenvalue weighted by Gasteiger charge is -2.31. The number of urea groups is 1. The molecule has 0 bridgehead atoms. The zero-order valence-electron chi connectivity index (χ0n) is 16.1. The minimum atomic E-state index is -0.202. The van der Waals surface area contributed by atoms with Gasteiger partial charge in [-0.2, -0.15) is 0 Å². The van der Waals surface area contributed by atoms with Gasteiger partial charge >= 0.3 is 6.03 Å². The number of nitrogens with one attached hydrogen (secondary N) is 1. The summed E-state index contributed by atoms with van der Waals surface area (Å²) in [5.41, 5.74) is 4.93. The molecule has 2 aromatic heterocycles. The first-order chi connectivity index (χ1) is 13.4. The molecule has 1 aliphatic rings. The quantitative estimate of drug-likeness (QED) is 0.741. The van der Waals surface area contributed by atoms with E-state index in [4.69, 9.17) is 0 Å². The number of imidazole rings is 1. The molecule has 1 aromatic carbocycles. The Balaban J connectivity index is 1.57. The van der Waals surface area contributed by atoms with Gasteiger partial charge in [-0.1, -0.05) is 0 Å². The zero-order chi connectivity index (χ0) is 19.8. The number of aromatic nitrogens is 3. The van der Waals surface area contributed by atoms with E-state index < -0.39 is 0 Å². The minimum Gasteiger partial charge on any atom is -0.334 e. The first kappa shape index (κ1) is 18.0. The summed E-state index contributed by atoms with van der Waals surface area (Å²) in [4.78, 5) is 37.0. The normalized spacial score (nSPS) is 13.3. The lowest BCUT2D eigenvalue weighted by Crippen LogP contribution is -2.42. The summed E-state index contributed by atoms with van der Waals surface area (Å²) in [6.45, 7) is 1.04. The summed E-state index contributed by atoms with van der Waals surface area (Å²) in [7, 11) is 5.40. The number of aryl methyl sites for hydroxylation is 1. The summed E-state index contributed by atoms with van der Waals surface area (Å²) in [6.07, 6.45) is 5.70. The number of fused-ring (bicyclic) bond motifs is 2. The second-order valence-electron chi connectivity index (χ2n) is 7.19. The van der Waals surface area contributed by atoms with Gasteiger partial charge in [0.05, 0.1) is 22.9 Å². The maximum absolute atomic E-state index is 12.9. The molecule has 3 amide bonds. The molecule has 3 aromatic rings. The monoisotopic (exact) mass is 378 g/mol. The first-order valence-electron chi connectivity index (χ1n) is 9.08. The van der Waals surface area contributed by atoms with E-state index in [0.29, 0.717) is 30.8 Å². The number of carbonyl (C=O) groups is 2. The number of amides is 3. The second-order valence-corrected chi connectivity index (χ2v) is 7.19. The molecule has 1 aliphatic heterocycles. The summed E-state index contributed by atoms with van der Waals surface area (Å²) >= 11 is 0. The summed E-state index contributed by atoms with van der Waals surface area (Å²) in [6, 6.07) is 5.61. The van der Waals surface area contributed by atoms with Gasteiger partial charge < -0.3 is 19.7 Å². The van der Waals surface area contributed by atoms with Crippen molar-refractivity contribution in [2.45, 2.75) is 13.0 Å². The summed E-state index contributed by atoms with van der Waals surface area (Å²) in [5, 5.41) is 2.94. The van der Waals surface area contributed by atoms with E-state index in [1.54, 1.807) is 42.6 Å². The van der Waals surface area contributed by atoms with Crippen molar-refractivity contribution in [2.75, 3.05) is 26.0 Å². The number of anilines is 1. The summed E-state index contributed by atoms with van der Waals surface area (Å²) < 4.78 is 1.93. The molecule has 144 valence electrons. The van der Waals surface area contributed by atoms with Gasteiger partial charge in [-0.25, -0.2) is 9.78 Å². The van der Waals surface area contributed by atoms with Crippen LogP contribution in [-0.2, 0) is 20.0 Å². The lowest BCUT2D eigenvalue weighted by molar-refractivity contribution is 0.102. The van der Waals surface area contributed by atoms with Crippen LogP contribution in [0.15, 0.2) is 36.9 Å². The highest BCUT2D eigenvalue weighted by Gasteiger charge is 2.25. The summed E-state index contributed by atoms with van der Waals surface area (Å²) in [5.74, 6) is -0.202. The Bertz CT molecular complexity index is 1070. The Kier molecular flexibility index (Phi) is 4.46. The van der Waals surface area contributed by atoms with E-state index in [1.807, 2.05) is 29.8 Å². The van der Waals surface area contributed by atoms with Gasteiger partial charge in [0.1, 0.15) is 0 Å². The third-order valence-electron chi connectivity index (χ3n) is 5.02. The smallest absolute Gasteiger partial charge is 0.319 e. The van der Waals surface area contributed by atoms with Crippen LogP contribution in [0.1, 0.15) is 21.5 Å². The number of pyridine rings is 1. The molecule has 4 rings (SSSR count). The molecule has 1 N–H and O–H groups in total. The Morgan fingerprint density at radius 3 is 2.82 bits per heavy atom.